The normalized spacial score (nSPS) is 37.3. The Bertz CT molecular complexity index is 238. The minimum atomic E-state index is -0.899. The number of nitrogens with zero attached hydrogens (tertiary/aromatic N) is 1. The second kappa shape index (κ2) is 3.59. The van der Waals surface area contributed by atoms with Crippen molar-refractivity contribution < 1.29 is 14.7 Å². The number of carboxylic acids is 1. The number of hydrogen-bond donors (Lipinski definition) is 1. The Balaban J connectivity index is 3.01. The summed E-state index contributed by atoms with van der Waals surface area (Å²) in [6.45, 7) is 7.22. The van der Waals surface area contributed by atoms with E-state index in [0.29, 0.717) is 0 Å². The molecule has 1 N–H and O–H groups in total. The predicted octanol–water partition coefficient (Wildman–Crippen LogP) is 0.962. The van der Waals surface area contributed by atoms with E-state index in [-0.39, 0.29) is 23.8 Å². The van der Waals surface area contributed by atoms with Gasteiger partial charge in [-0.1, -0.05) is 13.8 Å². The van der Waals surface area contributed by atoms with Crippen molar-refractivity contribution in [3.05, 3.63) is 0 Å². The summed E-state index contributed by atoms with van der Waals surface area (Å²) >= 11 is 0. The van der Waals surface area contributed by atoms with Crippen molar-refractivity contribution in [1.29, 1.82) is 0 Å². The second-order valence-electron chi connectivity index (χ2n) is 4.17. The first-order valence-electron chi connectivity index (χ1n) is 4.89. The van der Waals surface area contributed by atoms with Gasteiger partial charge in [0.15, 0.2) is 0 Å². The summed E-state index contributed by atoms with van der Waals surface area (Å²) in [5.41, 5.74) is 0. The number of hydrogen-bond acceptors (Lipinski definition) is 2. The van der Waals surface area contributed by atoms with E-state index in [0.717, 1.165) is 0 Å². The van der Waals surface area contributed by atoms with Crippen LogP contribution in [-0.4, -0.2) is 34.0 Å². The van der Waals surface area contributed by atoms with Crippen LogP contribution in [-0.2, 0) is 9.59 Å². The molecule has 0 saturated carbocycles. The average Bonchev–Trinajstić information content (AvgIpc) is 2.29. The van der Waals surface area contributed by atoms with Gasteiger partial charge in [-0.05, 0) is 18.8 Å². The molecule has 0 aromatic rings. The van der Waals surface area contributed by atoms with Gasteiger partial charge in [0.25, 0.3) is 0 Å². The molecule has 0 bridgehead atoms. The van der Waals surface area contributed by atoms with Crippen LogP contribution in [0.1, 0.15) is 27.7 Å². The molecule has 1 aliphatic rings. The number of carbonyl (C=O) groups is 2. The Kier molecular flexibility index (Phi) is 2.83. The number of rotatable bonds is 1. The van der Waals surface area contributed by atoms with Gasteiger partial charge in [0.1, 0.15) is 6.04 Å². The Morgan fingerprint density at radius 3 is 1.93 bits per heavy atom. The van der Waals surface area contributed by atoms with Crippen LogP contribution in [0.15, 0.2) is 0 Å². The predicted molar refractivity (Wildman–Crippen MR) is 51.7 cm³/mol. The molecule has 4 atom stereocenters. The minimum absolute atomic E-state index is 0.0172. The largest absolute Gasteiger partial charge is 0.480 e. The van der Waals surface area contributed by atoms with Crippen LogP contribution in [0.3, 0.4) is 0 Å². The van der Waals surface area contributed by atoms with Gasteiger partial charge < -0.3 is 10.0 Å². The smallest absolute Gasteiger partial charge is 0.326 e. The number of amides is 1. The molecule has 1 saturated heterocycles. The zero-order valence-electron chi connectivity index (χ0n) is 9.02. The van der Waals surface area contributed by atoms with E-state index >= 15 is 0 Å². The molecule has 1 rings (SSSR count). The van der Waals surface area contributed by atoms with E-state index in [9.17, 15) is 9.59 Å². The molecule has 1 amide bonds. The maximum atomic E-state index is 11.3. The van der Waals surface area contributed by atoms with E-state index in [2.05, 4.69) is 0 Å². The van der Waals surface area contributed by atoms with E-state index in [1.54, 1.807) is 0 Å². The minimum Gasteiger partial charge on any atom is -0.480 e. The first kappa shape index (κ1) is 11.0. The molecule has 1 heterocycles. The van der Waals surface area contributed by atoms with Gasteiger partial charge in [0, 0.05) is 13.0 Å². The average molecular weight is 199 g/mol. The van der Waals surface area contributed by atoms with Crippen LogP contribution in [0.2, 0.25) is 0 Å². The summed E-state index contributed by atoms with van der Waals surface area (Å²) in [6, 6.07) is -0.638. The Morgan fingerprint density at radius 1 is 1.14 bits per heavy atom. The molecule has 0 aliphatic carbocycles. The van der Waals surface area contributed by atoms with E-state index in [1.807, 2.05) is 20.8 Å². The first-order chi connectivity index (χ1) is 6.37. The molecule has 0 radical (unpaired) electrons. The van der Waals surface area contributed by atoms with Crippen molar-refractivity contribution in [1.82, 2.24) is 4.90 Å². The fourth-order valence-electron chi connectivity index (χ4n) is 2.31. The van der Waals surface area contributed by atoms with E-state index < -0.39 is 12.0 Å². The lowest BCUT2D eigenvalue weighted by Gasteiger charge is -2.25. The summed E-state index contributed by atoms with van der Waals surface area (Å²) in [7, 11) is 0. The van der Waals surface area contributed by atoms with Gasteiger partial charge in [-0.2, -0.15) is 0 Å². The van der Waals surface area contributed by atoms with Crippen LogP contribution < -0.4 is 0 Å². The quantitative estimate of drug-likeness (QED) is 0.684. The van der Waals surface area contributed by atoms with Crippen molar-refractivity contribution in [3.8, 4) is 0 Å². The van der Waals surface area contributed by atoms with Crippen molar-refractivity contribution in [2.45, 2.75) is 39.8 Å². The molecule has 0 aromatic carbocycles. The third kappa shape index (κ3) is 1.49. The van der Waals surface area contributed by atoms with Gasteiger partial charge in [0.05, 0.1) is 0 Å². The molecule has 4 heteroatoms. The van der Waals surface area contributed by atoms with Gasteiger partial charge in [-0.25, -0.2) is 4.79 Å². The zero-order valence-corrected chi connectivity index (χ0v) is 9.02. The van der Waals surface area contributed by atoms with Crippen LogP contribution in [0.5, 0.6) is 0 Å². The summed E-state index contributed by atoms with van der Waals surface area (Å²) in [5, 5.41) is 9.04. The standard InChI is InChI=1S/C10H17NO3/c1-5-6(2)9(10(13)14)11(7(5)3)8(4)12/h5-7,9H,1-4H3,(H,13,14). The van der Waals surface area contributed by atoms with Gasteiger partial charge in [-0.15, -0.1) is 0 Å². The molecule has 0 spiro atoms. The first-order valence-corrected chi connectivity index (χ1v) is 4.89. The van der Waals surface area contributed by atoms with Crippen molar-refractivity contribution in [3.63, 3.8) is 0 Å². The maximum Gasteiger partial charge on any atom is 0.326 e. The molecule has 4 nitrogen and oxygen atoms in total. The Labute approximate surface area is 83.9 Å². The van der Waals surface area contributed by atoms with Crippen molar-refractivity contribution in [2.24, 2.45) is 11.8 Å². The van der Waals surface area contributed by atoms with Crippen LogP contribution in [0.25, 0.3) is 0 Å². The fourth-order valence-corrected chi connectivity index (χ4v) is 2.31. The summed E-state index contributed by atoms with van der Waals surface area (Å²) < 4.78 is 0. The topological polar surface area (TPSA) is 57.6 Å². The van der Waals surface area contributed by atoms with Crippen LogP contribution in [0.4, 0.5) is 0 Å². The van der Waals surface area contributed by atoms with Gasteiger partial charge in [0.2, 0.25) is 5.91 Å². The SMILES string of the molecule is CC(=O)N1C(C)C(C)C(C)C1C(=O)O. The molecule has 1 aliphatic heterocycles. The molecular formula is C10H17NO3. The summed E-state index contributed by atoms with van der Waals surface area (Å²) in [6.07, 6.45) is 0. The summed E-state index contributed by atoms with van der Waals surface area (Å²) in [5.74, 6) is -0.795. The van der Waals surface area contributed by atoms with Gasteiger partial charge in [-0.3, -0.25) is 4.79 Å². The second-order valence-corrected chi connectivity index (χ2v) is 4.17. The highest BCUT2D eigenvalue weighted by atomic mass is 16.4. The lowest BCUT2D eigenvalue weighted by Crippen LogP contribution is -2.44. The highest BCUT2D eigenvalue weighted by Crippen LogP contribution is 2.34. The van der Waals surface area contributed by atoms with E-state index in [4.69, 9.17) is 5.11 Å². The van der Waals surface area contributed by atoms with Crippen molar-refractivity contribution in [2.75, 3.05) is 0 Å². The third-order valence-corrected chi connectivity index (χ3v) is 3.44. The zero-order chi connectivity index (χ0) is 11.0. The molecule has 0 aromatic heterocycles. The number of carboxylic acid groups (broad SMARTS) is 1. The van der Waals surface area contributed by atoms with Crippen molar-refractivity contribution >= 4 is 11.9 Å². The molecule has 1 fully saturated rings. The third-order valence-electron chi connectivity index (χ3n) is 3.44. The Hall–Kier alpha value is -1.06. The molecule has 14 heavy (non-hydrogen) atoms. The monoisotopic (exact) mass is 199 g/mol. The van der Waals surface area contributed by atoms with E-state index in [1.165, 1.54) is 11.8 Å². The highest BCUT2D eigenvalue weighted by molar-refractivity contribution is 5.83. The molecular weight excluding hydrogens is 182 g/mol. The lowest BCUT2D eigenvalue weighted by molar-refractivity contribution is -0.149. The maximum absolute atomic E-state index is 11.3. The van der Waals surface area contributed by atoms with Crippen LogP contribution >= 0.6 is 0 Å². The number of aliphatic carboxylic acids is 1. The Morgan fingerprint density at radius 2 is 1.64 bits per heavy atom. The number of likely N-dealkylation sites (tertiary alicyclic amines) is 1. The fraction of sp³-hybridized carbons (Fsp3) is 0.800. The van der Waals surface area contributed by atoms with Crippen LogP contribution in [0, 0.1) is 11.8 Å². The van der Waals surface area contributed by atoms with Gasteiger partial charge >= 0.3 is 5.97 Å². The number of carbonyl (C=O) groups excluding carboxylic acids is 1. The lowest BCUT2D eigenvalue weighted by atomic mass is 9.91. The molecule has 80 valence electrons. The summed E-state index contributed by atoms with van der Waals surface area (Å²) in [4.78, 5) is 23.8. The highest BCUT2D eigenvalue weighted by Gasteiger charge is 2.47. The molecule has 4 unspecified atom stereocenters.